The average molecular weight is 277 g/mol. The Balaban J connectivity index is 1.85. The first-order valence-corrected chi connectivity index (χ1v) is 7.25. The number of nitrogens with zero attached hydrogens (tertiary/aromatic N) is 1. The van der Waals surface area contributed by atoms with Crippen LogP contribution in [0.1, 0.15) is 24.0 Å². The molecule has 1 saturated heterocycles. The molecule has 4 heteroatoms. The number of aliphatic carboxylic acids is 1. The van der Waals surface area contributed by atoms with Crippen molar-refractivity contribution in [2.45, 2.75) is 32.3 Å². The van der Waals surface area contributed by atoms with Gasteiger partial charge in [0.1, 0.15) is 0 Å². The molecule has 110 valence electrons. The molecule has 0 spiro atoms. The molecule has 0 radical (unpaired) electrons. The maximum Gasteiger partial charge on any atom is 0.317 e. The number of carboxylic acids is 1. The highest BCUT2D eigenvalue weighted by Gasteiger charge is 2.20. The van der Waals surface area contributed by atoms with Gasteiger partial charge in [0.05, 0.1) is 12.6 Å². The minimum Gasteiger partial charge on any atom is -0.480 e. The minimum atomic E-state index is -0.771. The first-order valence-electron chi connectivity index (χ1n) is 7.25. The number of rotatable bonds is 7. The van der Waals surface area contributed by atoms with Crippen LogP contribution in [0, 0.1) is 6.92 Å². The van der Waals surface area contributed by atoms with Crippen molar-refractivity contribution in [1.29, 1.82) is 0 Å². The number of hydrogen-bond acceptors (Lipinski definition) is 3. The summed E-state index contributed by atoms with van der Waals surface area (Å²) in [5.74, 6) is -0.771. The van der Waals surface area contributed by atoms with Gasteiger partial charge in [0, 0.05) is 19.7 Å². The van der Waals surface area contributed by atoms with Crippen molar-refractivity contribution in [2.75, 3.05) is 26.2 Å². The van der Waals surface area contributed by atoms with Gasteiger partial charge in [-0.2, -0.15) is 0 Å². The number of ether oxygens (including phenoxy) is 1. The predicted molar refractivity (Wildman–Crippen MR) is 77.9 cm³/mol. The molecule has 4 nitrogen and oxygen atoms in total. The first-order chi connectivity index (χ1) is 9.63. The van der Waals surface area contributed by atoms with Crippen LogP contribution < -0.4 is 0 Å². The lowest BCUT2D eigenvalue weighted by Gasteiger charge is -2.23. The lowest BCUT2D eigenvalue weighted by atomic mass is 10.1. The van der Waals surface area contributed by atoms with Gasteiger partial charge in [-0.15, -0.1) is 0 Å². The Morgan fingerprint density at radius 2 is 2.15 bits per heavy atom. The van der Waals surface area contributed by atoms with Gasteiger partial charge in [0.15, 0.2) is 0 Å². The highest BCUT2D eigenvalue weighted by atomic mass is 16.5. The van der Waals surface area contributed by atoms with Gasteiger partial charge in [0.25, 0.3) is 0 Å². The number of benzene rings is 1. The highest BCUT2D eigenvalue weighted by molar-refractivity contribution is 5.69. The topological polar surface area (TPSA) is 49.8 Å². The second-order valence-electron chi connectivity index (χ2n) is 5.50. The van der Waals surface area contributed by atoms with Crippen LogP contribution in [-0.2, 0) is 16.0 Å². The molecular weight excluding hydrogens is 254 g/mol. The Hall–Kier alpha value is -1.39. The summed E-state index contributed by atoms with van der Waals surface area (Å²) in [6, 6.07) is 8.41. The summed E-state index contributed by atoms with van der Waals surface area (Å²) < 4.78 is 5.60. The van der Waals surface area contributed by atoms with Crippen molar-refractivity contribution in [3.8, 4) is 0 Å². The number of hydrogen-bond donors (Lipinski definition) is 1. The largest absolute Gasteiger partial charge is 0.480 e. The van der Waals surface area contributed by atoms with E-state index in [2.05, 4.69) is 31.2 Å². The summed E-state index contributed by atoms with van der Waals surface area (Å²) in [7, 11) is 0. The molecule has 1 fully saturated rings. The molecule has 0 amide bonds. The third kappa shape index (κ3) is 4.94. The van der Waals surface area contributed by atoms with E-state index in [1.54, 1.807) is 0 Å². The van der Waals surface area contributed by atoms with Crippen LogP contribution in [0.5, 0.6) is 0 Å². The standard InChI is InChI=1S/C16H23NO3/c1-13-4-6-14(7-5-13)8-9-17(12-16(18)19)11-15-3-2-10-20-15/h4-7,15H,2-3,8-12H2,1H3,(H,18,19). The summed E-state index contributed by atoms with van der Waals surface area (Å²) in [5, 5.41) is 9.01. The quantitative estimate of drug-likeness (QED) is 0.829. The van der Waals surface area contributed by atoms with E-state index in [1.165, 1.54) is 11.1 Å². The monoisotopic (exact) mass is 277 g/mol. The molecule has 0 aliphatic carbocycles. The predicted octanol–water partition coefficient (Wildman–Crippen LogP) is 2.10. The number of carboxylic acid groups (broad SMARTS) is 1. The van der Waals surface area contributed by atoms with Crippen molar-refractivity contribution >= 4 is 5.97 Å². The summed E-state index contributed by atoms with van der Waals surface area (Å²) >= 11 is 0. The van der Waals surface area contributed by atoms with Crippen LogP contribution in [0.25, 0.3) is 0 Å². The zero-order valence-electron chi connectivity index (χ0n) is 12.0. The minimum absolute atomic E-state index is 0.0890. The highest BCUT2D eigenvalue weighted by Crippen LogP contribution is 2.14. The first kappa shape index (κ1) is 15.0. The molecular formula is C16H23NO3. The van der Waals surface area contributed by atoms with Gasteiger partial charge in [-0.3, -0.25) is 9.69 Å². The Morgan fingerprint density at radius 1 is 1.40 bits per heavy atom. The lowest BCUT2D eigenvalue weighted by Crippen LogP contribution is -2.37. The SMILES string of the molecule is Cc1ccc(CCN(CC(=O)O)CC2CCCO2)cc1. The van der Waals surface area contributed by atoms with Gasteiger partial charge in [-0.25, -0.2) is 0 Å². The third-order valence-corrected chi connectivity index (χ3v) is 3.68. The molecule has 1 aromatic carbocycles. The fraction of sp³-hybridized carbons (Fsp3) is 0.562. The van der Waals surface area contributed by atoms with Gasteiger partial charge < -0.3 is 9.84 Å². The summed E-state index contributed by atoms with van der Waals surface area (Å²) in [4.78, 5) is 12.9. The lowest BCUT2D eigenvalue weighted by molar-refractivity contribution is -0.138. The molecule has 1 N–H and O–H groups in total. The average Bonchev–Trinajstić information content (AvgIpc) is 2.90. The molecule has 20 heavy (non-hydrogen) atoms. The van der Waals surface area contributed by atoms with Crippen molar-refractivity contribution in [2.24, 2.45) is 0 Å². The van der Waals surface area contributed by atoms with Crippen LogP contribution in [0.3, 0.4) is 0 Å². The van der Waals surface area contributed by atoms with Crippen molar-refractivity contribution < 1.29 is 14.6 Å². The normalized spacial score (nSPS) is 18.6. The molecule has 1 aliphatic rings. The molecule has 1 unspecified atom stereocenters. The van der Waals surface area contributed by atoms with E-state index in [4.69, 9.17) is 9.84 Å². The molecule has 0 aromatic heterocycles. The van der Waals surface area contributed by atoms with Gasteiger partial charge in [0.2, 0.25) is 0 Å². The Morgan fingerprint density at radius 3 is 2.75 bits per heavy atom. The maximum atomic E-state index is 11.0. The molecule has 1 heterocycles. The zero-order valence-corrected chi connectivity index (χ0v) is 12.0. The molecule has 1 aliphatic heterocycles. The summed E-state index contributed by atoms with van der Waals surface area (Å²) in [6.45, 7) is 4.45. The second kappa shape index (κ2) is 7.41. The van der Waals surface area contributed by atoms with Gasteiger partial charge in [-0.05, 0) is 31.7 Å². The Labute approximate surface area is 120 Å². The summed E-state index contributed by atoms with van der Waals surface area (Å²) in [5.41, 5.74) is 2.49. The van der Waals surface area contributed by atoms with Crippen molar-refractivity contribution in [3.05, 3.63) is 35.4 Å². The molecule has 0 saturated carbocycles. The van der Waals surface area contributed by atoms with Crippen LogP contribution in [0.4, 0.5) is 0 Å². The van der Waals surface area contributed by atoms with Crippen LogP contribution in [0.2, 0.25) is 0 Å². The maximum absolute atomic E-state index is 11.0. The Bertz CT molecular complexity index is 424. The van der Waals surface area contributed by atoms with E-state index in [9.17, 15) is 4.79 Å². The van der Waals surface area contributed by atoms with Crippen LogP contribution in [-0.4, -0.2) is 48.3 Å². The number of carbonyl (C=O) groups is 1. The molecule has 2 rings (SSSR count). The van der Waals surface area contributed by atoms with E-state index in [-0.39, 0.29) is 12.6 Å². The van der Waals surface area contributed by atoms with E-state index in [0.717, 1.165) is 39.0 Å². The third-order valence-electron chi connectivity index (χ3n) is 3.68. The van der Waals surface area contributed by atoms with E-state index in [0.29, 0.717) is 0 Å². The van der Waals surface area contributed by atoms with Crippen LogP contribution in [0.15, 0.2) is 24.3 Å². The fourth-order valence-corrected chi connectivity index (χ4v) is 2.54. The Kier molecular flexibility index (Phi) is 5.56. The van der Waals surface area contributed by atoms with E-state index >= 15 is 0 Å². The zero-order chi connectivity index (χ0) is 14.4. The molecule has 1 aromatic rings. The van der Waals surface area contributed by atoms with Gasteiger partial charge in [-0.1, -0.05) is 29.8 Å². The second-order valence-corrected chi connectivity index (χ2v) is 5.50. The number of aryl methyl sites for hydroxylation is 1. The van der Waals surface area contributed by atoms with Crippen molar-refractivity contribution in [1.82, 2.24) is 4.90 Å². The van der Waals surface area contributed by atoms with E-state index in [1.807, 2.05) is 4.90 Å². The molecule has 1 atom stereocenters. The fourth-order valence-electron chi connectivity index (χ4n) is 2.54. The van der Waals surface area contributed by atoms with Crippen molar-refractivity contribution in [3.63, 3.8) is 0 Å². The summed E-state index contributed by atoms with van der Waals surface area (Å²) in [6.07, 6.45) is 3.21. The van der Waals surface area contributed by atoms with Gasteiger partial charge >= 0.3 is 5.97 Å². The van der Waals surface area contributed by atoms with Crippen LogP contribution >= 0.6 is 0 Å². The smallest absolute Gasteiger partial charge is 0.317 e. The molecule has 0 bridgehead atoms. The van der Waals surface area contributed by atoms with E-state index < -0.39 is 5.97 Å².